The molecule has 17 heavy (non-hydrogen) atoms. The molecule has 1 aliphatic rings. The van der Waals surface area contributed by atoms with E-state index in [0.29, 0.717) is 6.04 Å². The van der Waals surface area contributed by atoms with Crippen molar-refractivity contribution < 1.29 is 4.74 Å². The molecule has 2 rings (SSSR count). The fourth-order valence-electron chi connectivity index (χ4n) is 2.38. The highest BCUT2D eigenvalue weighted by atomic mass is 16.5. The summed E-state index contributed by atoms with van der Waals surface area (Å²) in [5.41, 5.74) is 2.72. The monoisotopic (exact) mass is 230 g/mol. The van der Waals surface area contributed by atoms with Gasteiger partial charge in [0.2, 0.25) is 0 Å². The molecule has 0 aliphatic heterocycles. The van der Waals surface area contributed by atoms with Crippen molar-refractivity contribution in [1.29, 1.82) is 5.26 Å². The van der Waals surface area contributed by atoms with E-state index in [9.17, 15) is 0 Å². The van der Waals surface area contributed by atoms with Crippen LogP contribution >= 0.6 is 0 Å². The molecule has 1 aromatic rings. The molecule has 2 atom stereocenters. The van der Waals surface area contributed by atoms with E-state index in [1.165, 1.54) is 24.0 Å². The molecule has 0 saturated heterocycles. The molecule has 1 aromatic carbocycles. The Bertz CT molecular complexity index is 436. The first kappa shape index (κ1) is 11.9. The van der Waals surface area contributed by atoms with Crippen LogP contribution in [0.3, 0.4) is 0 Å². The lowest BCUT2D eigenvalue weighted by Gasteiger charge is -2.25. The Morgan fingerprint density at radius 1 is 1.53 bits per heavy atom. The van der Waals surface area contributed by atoms with Gasteiger partial charge in [-0.2, -0.15) is 5.26 Å². The maximum absolute atomic E-state index is 8.75. The van der Waals surface area contributed by atoms with Gasteiger partial charge in [0.25, 0.3) is 0 Å². The van der Waals surface area contributed by atoms with Gasteiger partial charge < -0.3 is 10.1 Å². The van der Waals surface area contributed by atoms with Gasteiger partial charge >= 0.3 is 0 Å². The Labute approximate surface area is 102 Å². The predicted molar refractivity (Wildman–Crippen MR) is 66.9 cm³/mol. The van der Waals surface area contributed by atoms with Crippen LogP contribution in [0.2, 0.25) is 0 Å². The number of fused-ring (bicyclic) bond motifs is 1. The largest absolute Gasteiger partial charge is 0.476 e. The van der Waals surface area contributed by atoms with Crippen molar-refractivity contribution >= 4 is 0 Å². The number of nitrogens with one attached hydrogen (secondary N) is 1. The lowest BCUT2D eigenvalue weighted by atomic mass is 9.87. The third-order valence-electron chi connectivity index (χ3n) is 3.27. The van der Waals surface area contributed by atoms with Crippen LogP contribution in [0.25, 0.3) is 0 Å². The summed E-state index contributed by atoms with van der Waals surface area (Å²) >= 11 is 0. The Morgan fingerprint density at radius 2 is 2.35 bits per heavy atom. The summed E-state index contributed by atoms with van der Waals surface area (Å²) in [7, 11) is 1.99. The minimum atomic E-state index is -0.398. The molecule has 0 spiro atoms. The van der Waals surface area contributed by atoms with Crippen LogP contribution in [0.5, 0.6) is 5.75 Å². The molecule has 0 fully saturated rings. The first-order valence-electron chi connectivity index (χ1n) is 6.11. The molecule has 1 N–H and O–H groups in total. The van der Waals surface area contributed by atoms with Crippen LogP contribution in [0.1, 0.15) is 36.9 Å². The molecule has 0 saturated carbocycles. The molecule has 3 nitrogen and oxygen atoms in total. The number of nitrogens with zero attached hydrogens (tertiary/aromatic N) is 1. The van der Waals surface area contributed by atoms with Gasteiger partial charge in [0.15, 0.2) is 6.10 Å². The maximum atomic E-state index is 8.75. The van der Waals surface area contributed by atoms with Gasteiger partial charge in [0.1, 0.15) is 11.8 Å². The van der Waals surface area contributed by atoms with Crippen LogP contribution in [-0.4, -0.2) is 13.2 Å². The predicted octanol–water partition coefficient (Wildman–Crippen LogP) is 2.57. The van der Waals surface area contributed by atoms with Crippen LogP contribution in [0.15, 0.2) is 18.2 Å². The zero-order chi connectivity index (χ0) is 12.3. The van der Waals surface area contributed by atoms with Crippen LogP contribution in [0, 0.1) is 11.3 Å². The van der Waals surface area contributed by atoms with E-state index in [2.05, 4.69) is 23.5 Å². The second-order valence-corrected chi connectivity index (χ2v) is 4.48. The third-order valence-corrected chi connectivity index (χ3v) is 3.27. The highest BCUT2D eigenvalue weighted by Crippen LogP contribution is 2.32. The van der Waals surface area contributed by atoms with E-state index in [-0.39, 0.29) is 0 Å². The molecule has 0 heterocycles. The van der Waals surface area contributed by atoms with Crippen molar-refractivity contribution in [3.8, 4) is 11.8 Å². The molecule has 3 heteroatoms. The summed E-state index contributed by atoms with van der Waals surface area (Å²) in [5, 5.41) is 12.1. The maximum Gasteiger partial charge on any atom is 0.181 e. The normalized spacial score (nSPS) is 20.2. The molecule has 0 aromatic heterocycles. The quantitative estimate of drug-likeness (QED) is 0.868. The van der Waals surface area contributed by atoms with Gasteiger partial charge in [-0.3, -0.25) is 0 Å². The SMILES string of the molecule is CNC1CCCc2ccc(OC(C)C#N)cc21. The summed E-state index contributed by atoms with van der Waals surface area (Å²) in [5.74, 6) is 0.792. The van der Waals surface area contributed by atoms with Crippen molar-refractivity contribution in [2.75, 3.05) is 7.05 Å². The second kappa shape index (κ2) is 5.20. The Hall–Kier alpha value is -1.53. The van der Waals surface area contributed by atoms with E-state index in [4.69, 9.17) is 10.00 Å². The van der Waals surface area contributed by atoms with Gasteiger partial charge in [-0.1, -0.05) is 6.07 Å². The van der Waals surface area contributed by atoms with Crippen molar-refractivity contribution in [3.05, 3.63) is 29.3 Å². The standard InChI is InChI=1S/C14H18N2O/c1-10(9-15)17-12-7-6-11-4-3-5-14(16-2)13(11)8-12/h6-8,10,14,16H,3-5H2,1-2H3. The number of rotatable bonds is 3. The van der Waals surface area contributed by atoms with Gasteiger partial charge in [-0.05, 0) is 56.5 Å². The molecule has 1 aliphatic carbocycles. The number of hydrogen-bond donors (Lipinski definition) is 1. The van der Waals surface area contributed by atoms with Crippen molar-refractivity contribution in [2.24, 2.45) is 0 Å². The van der Waals surface area contributed by atoms with Gasteiger partial charge in [-0.25, -0.2) is 0 Å². The molecule has 90 valence electrons. The molecule has 0 radical (unpaired) electrons. The van der Waals surface area contributed by atoms with Crippen molar-refractivity contribution in [3.63, 3.8) is 0 Å². The number of aryl methyl sites for hydroxylation is 1. The first-order chi connectivity index (χ1) is 8.24. The van der Waals surface area contributed by atoms with E-state index in [1.807, 2.05) is 13.1 Å². The summed E-state index contributed by atoms with van der Waals surface area (Å²) in [6, 6.07) is 8.66. The van der Waals surface area contributed by atoms with Crippen LogP contribution in [-0.2, 0) is 6.42 Å². The Morgan fingerprint density at radius 3 is 3.06 bits per heavy atom. The number of ether oxygens (including phenoxy) is 1. The minimum Gasteiger partial charge on any atom is -0.476 e. The summed E-state index contributed by atoms with van der Waals surface area (Å²) < 4.78 is 5.53. The molecular formula is C14H18N2O. The average Bonchev–Trinajstić information content (AvgIpc) is 2.37. The number of hydrogen-bond acceptors (Lipinski definition) is 3. The Kier molecular flexibility index (Phi) is 3.65. The smallest absolute Gasteiger partial charge is 0.181 e. The van der Waals surface area contributed by atoms with Crippen molar-refractivity contribution in [1.82, 2.24) is 5.32 Å². The third kappa shape index (κ3) is 2.59. The summed E-state index contributed by atoms with van der Waals surface area (Å²) in [6.45, 7) is 1.76. The second-order valence-electron chi connectivity index (χ2n) is 4.48. The van der Waals surface area contributed by atoms with E-state index in [0.717, 1.165) is 12.2 Å². The zero-order valence-corrected chi connectivity index (χ0v) is 10.4. The highest BCUT2D eigenvalue weighted by Gasteiger charge is 2.19. The van der Waals surface area contributed by atoms with Crippen LogP contribution in [0.4, 0.5) is 0 Å². The lowest BCUT2D eigenvalue weighted by molar-refractivity contribution is 0.275. The first-order valence-corrected chi connectivity index (χ1v) is 6.11. The summed E-state index contributed by atoms with van der Waals surface area (Å²) in [4.78, 5) is 0. The van der Waals surface area contributed by atoms with E-state index < -0.39 is 6.10 Å². The molecule has 0 bridgehead atoms. The number of nitriles is 1. The Balaban J connectivity index is 2.25. The van der Waals surface area contributed by atoms with Crippen molar-refractivity contribution in [2.45, 2.75) is 38.3 Å². The zero-order valence-electron chi connectivity index (χ0n) is 10.4. The average molecular weight is 230 g/mol. The summed E-state index contributed by atoms with van der Waals surface area (Å²) in [6.07, 6.45) is 3.14. The van der Waals surface area contributed by atoms with E-state index in [1.54, 1.807) is 6.92 Å². The fraction of sp³-hybridized carbons (Fsp3) is 0.500. The fourth-order valence-corrected chi connectivity index (χ4v) is 2.38. The van der Waals surface area contributed by atoms with E-state index >= 15 is 0 Å². The number of benzene rings is 1. The van der Waals surface area contributed by atoms with Gasteiger partial charge in [0, 0.05) is 6.04 Å². The molecule has 2 unspecified atom stereocenters. The van der Waals surface area contributed by atoms with Gasteiger partial charge in [-0.15, -0.1) is 0 Å². The lowest BCUT2D eigenvalue weighted by Crippen LogP contribution is -2.21. The minimum absolute atomic E-state index is 0.398. The molecule has 0 amide bonds. The highest BCUT2D eigenvalue weighted by molar-refractivity contribution is 5.39. The van der Waals surface area contributed by atoms with Crippen LogP contribution < -0.4 is 10.1 Å². The topological polar surface area (TPSA) is 45.0 Å². The van der Waals surface area contributed by atoms with Gasteiger partial charge in [0.05, 0.1) is 0 Å². The molecular weight excluding hydrogens is 212 g/mol.